The van der Waals surface area contributed by atoms with Crippen molar-refractivity contribution in [2.24, 2.45) is 0 Å². The number of likely N-dealkylation sites (tertiary alicyclic amines) is 1. The average Bonchev–Trinajstić information content (AvgIpc) is 2.65. The summed E-state index contributed by atoms with van der Waals surface area (Å²) in [4.78, 5) is 2.44. The Morgan fingerprint density at radius 3 is 2.56 bits per heavy atom. The number of benzene rings is 2. The molecule has 2 aromatic carbocycles. The molecule has 4 nitrogen and oxygen atoms in total. The van der Waals surface area contributed by atoms with E-state index in [2.05, 4.69) is 46.6 Å². The molecule has 1 aliphatic heterocycles. The van der Waals surface area contributed by atoms with Crippen molar-refractivity contribution in [1.29, 1.82) is 0 Å². The summed E-state index contributed by atoms with van der Waals surface area (Å²) in [5.74, 6) is 0.895. The lowest BCUT2D eigenvalue weighted by molar-refractivity contribution is 0.0791. The van der Waals surface area contributed by atoms with Gasteiger partial charge in [0, 0.05) is 32.7 Å². The number of aliphatic hydroxyl groups is 1. The summed E-state index contributed by atoms with van der Waals surface area (Å²) in [7, 11) is 1.70. The lowest BCUT2D eigenvalue weighted by Crippen LogP contribution is -2.35. The van der Waals surface area contributed by atoms with E-state index in [1.165, 1.54) is 16.7 Å². The van der Waals surface area contributed by atoms with Crippen LogP contribution < -0.4 is 10.1 Å². The van der Waals surface area contributed by atoms with Gasteiger partial charge >= 0.3 is 0 Å². The van der Waals surface area contributed by atoms with E-state index in [-0.39, 0.29) is 6.10 Å². The summed E-state index contributed by atoms with van der Waals surface area (Å²) in [6, 6.07) is 16.8. The van der Waals surface area contributed by atoms with Crippen LogP contribution in [-0.2, 0) is 19.6 Å². The molecule has 0 radical (unpaired) electrons. The molecular weight excluding hydrogens is 312 g/mol. The van der Waals surface area contributed by atoms with Crippen LogP contribution >= 0.6 is 0 Å². The van der Waals surface area contributed by atoms with Crippen molar-refractivity contribution in [2.45, 2.75) is 38.6 Å². The van der Waals surface area contributed by atoms with E-state index in [0.29, 0.717) is 0 Å². The second kappa shape index (κ2) is 8.99. The van der Waals surface area contributed by atoms with Crippen molar-refractivity contribution in [3.05, 3.63) is 65.2 Å². The van der Waals surface area contributed by atoms with E-state index in [4.69, 9.17) is 4.74 Å². The third-order valence-electron chi connectivity index (χ3n) is 4.85. The van der Waals surface area contributed by atoms with Gasteiger partial charge in [-0.15, -0.1) is 0 Å². The summed E-state index contributed by atoms with van der Waals surface area (Å²) >= 11 is 0. The fourth-order valence-corrected chi connectivity index (χ4v) is 3.33. The molecule has 1 saturated heterocycles. The first-order valence-electron chi connectivity index (χ1n) is 9.05. The predicted octanol–water partition coefficient (Wildman–Crippen LogP) is 2.94. The zero-order valence-electron chi connectivity index (χ0n) is 14.9. The van der Waals surface area contributed by atoms with Crippen molar-refractivity contribution < 1.29 is 9.84 Å². The van der Waals surface area contributed by atoms with Gasteiger partial charge in [-0.3, -0.25) is 4.90 Å². The topological polar surface area (TPSA) is 44.7 Å². The quantitative estimate of drug-likeness (QED) is 0.813. The number of nitrogens with zero attached hydrogens (tertiary/aromatic N) is 1. The minimum absolute atomic E-state index is 0.115. The first-order chi connectivity index (χ1) is 12.2. The number of ether oxygens (including phenoxy) is 1. The molecule has 1 heterocycles. The number of hydrogen-bond acceptors (Lipinski definition) is 4. The van der Waals surface area contributed by atoms with Gasteiger partial charge in [0.15, 0.2) is 0 Å². The highest BCUT2D eigenvalue weighted by atomic mass is 16.5. The lowest BCUT2D eigenvalue weighted by Gasteiger charge is -2.30. The van der Waals surface area contributed by atoms with Crippen LogP contribution in [0.1, 0.15) is 29.5 Å². The van der Waals surface area contributed by atoms with Gasteiger partial charge in [-0.25, -0.2) is 0 Å². The molecule has 0 unspecified atom stereocenters. The Hall–Kier alpha value is -1.88. The molecule has 3 rings (SSSR count). The standard InChI is InChI=1S/C21H28N2O2/c1-25-21-8-4-5-17(13-21)14-22-15-18-6-2-3-7-19(18)16-23-11-9-20(24)10-12-23/h2-8,13,20,22,24H,9-12,14-16H2,1H3. The van der Waals surface area contributed by atoms with E-state index in [1.54, 1.807) is 7.11 Å². The van der Waals surface area contributed by atoms with E-state index < -0.39 is 0 Å². The SMILES string of the molecule is COc1cccc(CNCc2ccccc2CN2CCC(O)CC2)c1. The normalized spacial score (nSPS) is 16.1. The summed E-state index contributed by atoms with van der Waals surface area (Å²) in [6.07, 6.45) is 1.66. The fraction of sp³-hybridized carbons (Fsp3) is 0.429. The predicted molar refractivity (Wildman–Crippen MR) is 100 cm³/mol. The molecule has 1 fully saturated rings. The largest absolute Gasteiger partial charge is 0.497 e. The minimum Gasteiger partial charge on any atom is -0.497 e. The molecule has 0 spiro atoms. The molecule has 2 N–H and O–H groups in total. The van der Waals surface area contributed by atoms with Gasteiger partial charge in [-0.1, -0.05) is 36.4 Å². The van der Waals surface area contributed by atoms with Gasteiger partial charge in [-0.05, 0) is 41.7 Å². The van der Waals surface area contributed by atoms with Gasteiger partial charge < -0.3 is 15.2 Å². The maximum absolute atomic E-state index is 9.66. The van der Waals surface area contributed by atoms with Gasteiger partial charge in [0.2, 0.25) is 0 Å². The highest BCUT2D eigenvalue weighted by Gasteiger charge is 2.17. The van der Waals surface area contributed by atoms with Crippen LogP contribution in [0, 0.1) is 0 Å². The maximum atomic E-state index is 9.66. The molecule has 25 heavy (non-hydrogen) atoms. The van der Waals surface area contributed by atoms with Gasteiger partial charge in [0.05, 0.1) is 13.2 Å². The second-order valence-corrected chi connectivity index (χ2v) is 6.73. The summed E-state index contributed by atoms with van der Waals surface area (Å²) in [5, 5.41) is 13.2. The summed E-state index contributed by atoms with van der Waals surface area (Å²) in [6.45, 7) is 4.59. The fourth-order valence-electron chi connectivity index (χ4n) is 3.33. The smallest absolute Gasteiger partial charge is 0.119 e. The van der Waals surface area contributed by atoms with Gasteiger partial charge in [0.1, 0.15) is 5.75 Å². The molecular formula is C21H28N2O2. The van der Waals surface area contributed by atoms with Crippen LogP contribution in [0.2, 0.25) is 0 Å². The van der Waals surface area contributed by atoms with Crippen molar-refractivity contribution in [1.82, 2.24) is 10.2 Å². The molecule has 2 aromatic rings. The van der Waals surface area contributed by atoms with Crippen molar-refractivity contribution >= 4 is 0 Å². The number of aliphatic hydroxyl groups excluding tert-OH is 1. The molecule has 134 valence electrons. The highest BCUT2D eigenvalue weighted by molar-refractivity contribution is 5.29. The van der Waals surface area contributed by atoms with E-state index >= 15 is 0 Å². The molecule has 0 aliphatic carbocycles. The van der Waals surface area contributed by atoms with Crippen molar-refractivity contribution in [2.75, 3.05) is 20.2 Å². The number of hydrogen-bond donors (Lipinski definition) is 2. The first kappa shape index (κ1) is 17.9. The van der Waals surface area contributed by atoms with Crippen molar-refractivity contribution in [3.63, 3.8) is 0 Å². The number of rotatable bonds is 7. The summed E-state index contributed by atoms with van der Waals surface area (Å²) in [5.41, 5.74) is 3.94. The Balaban J connectivity index is 1.55. The highest BCUT2D eigenvalue weighted by Crippen LogP contribution is 2.17. The summed E-state index contributed by atoms with van der Waals surface area (Å²) < 4.78 is 5.28. The molecule has 0 atom stereocenters. The Bertz CT molecular complexity index is 666. The molecule has 0 aromatic heterocycles. The molecule has 0 bridgehead atoms. The Labute approximate surface area is 150 Å². The number of piperidine rings is 1. The zero-order valence-corrected chi connectivity index (χ0v) is 14.9. The minimum atomic E-state index is -0.115. The molecule has 0 saturated carbocycles. The molecule has 0 amide bonds. The zero-order chi connectivity index (χ0) is 17.5. The third-order valence-corrected chi connectivity index (χ3v) is 4.85. The van der Waals surface area contributed by atoms with Crippen LogP contribution in [0.25, 0.3) is 0 Å². The van der Waals surface area contributed by atoms with Crippen LogP contribution in [0.15, 0.2) is 48.5 Å². The Kier molecular flexibility index (Phi) is 6.45. The van der Waals surface area contributed by atoms with Crippen LogP contribution in [0.4, 0.5) is 0 Å². The van der Waals surface area contributed by atoms with Crippen LogP contribution in [0.5, 0.6) is 5.75 Å². The first-order valence-corrected chi connectivity index (χ1v) is 9.05. The maximum Gasteiger partial charge on any atom is 0.119 e. The Morgan fingerprint density at radius 1 is 1.04 bits per heavy atom. The van der Waals surface area contributed by atoms with E-state index in [0.717, 1.165) is 51.3 Å². The van der Waals surface area contributed by atoms with Gasteiger partial charge in [-0.2, -0.15) is 0 Å². The molecule has 1 aliphatic rings. The monoisotopic (exact) mass is 340 g/mol. The second-order valence-electron chi connectivity index (χ2n) is 6.73. The van der Waals surface area contributed by atoms with E-state index in [1.807, 2.05) is 12.1 Å². The number of nitrogens with one attached hydrogen (secondary N) is 1. The third kappa shape index (κ3) is 5.30. The Morgan fingerprint density at radius 2 is 1.80 bits per heavy atom. The van der Waals surface area contributed by atoms with Crippen molar-refractivity contribution in [3.8, 4) is 5.75 Å². The molecule has 4 heteroatoms. The van der Waals surface area contributed by atoms with Gasteiger partial charge in [0.25, 0.3) is 0 Å². The average molecular weight is 340 g/mol. The van der Waals surface area contributed by atoms with Crippen LogP contribution in [-0.4, -0.2) is 36.3 Å². The van der Waals surface area contributed by atoms with Crippen LogP contribution in [0.3, 0.4) is 0 Å². The lowest BCUT2D eigenvalue weighted by atomic mass is 10.0. The van der Waals surface area contributed by atoms with E-state index in [9.17, 15) is 5.11 Å². The number of methoxy groups -OCH3 is 1.